The highest BCUT2D eigenvalue weighted by molar-refractivity contribution is 9.10. The van der Waals surface area contributed by atoms with Gasteiger partial charge in [0.2, 0.25) is 0 Å². The van der Waals surface area contributed by atoms with Crippen LogP contribution >= 0.6 is 15.9 Å². The molecule has 2 atom stereocenters. The molecule has 0 N–H and O–H groups in total. The number of halogens is 8. The second-order valence-electron chi connectivity index (χ2n) is 10.0. The molecule has 41 heavy (non-hydrogen) atoms. The second-order valence-corrected chi connectivity index (χ2v) is 11.0. The first-order valence-corrected chi connectivity index (χ1v) is 13.2. The predicted molar refractivity (Wildman–Crippen MR) is 141 cm³/mol. The van der Waals surface area contributed by atoms with E-state index in [-0.39, 0.29) is 24.3 Å². The Balaban J connectivity index is 1.75. The van der Waals surface area contributed by atoms with Gasteiger partial charge in [0, 0.05) is 16.1 Å². The van der Waals surface area contributed by atoms with Crippen molar-refractivity contribution in [2.75, 3.05) is 7.11 Å². The molecule has 0 radical (unpaired) electrons. The normalized spacial score (nSPS) is 17.8. The van der Waals surface area contributed by atoms with Gasteiger partial charge < -0.3 is 9.47 Å². The van der Waals surface area contributed by atoms with E-state index in [4.69, 9.17) is 9.47 Å². The standard InChI is InChI=1S/C29H25BrF7NO3/c1-14(2)22-11-23(25(40-4)12-24(22)31)21-6-5-20(30)9-17(21)13-38-15(3)26(41-27(38)39)16-7-18(28(32,33)34)10-19(8-16)29(35,36)37/h5-12,14-15,26H,13H2,1-4H3/t15-,26?/m0/s1. The Hall–Kier alpha value is -3.28. The van der Waals surface area contributed by atoms with Gasteiger partial charge in [-0.25, -0.2) is 9.18 Å². The average molecular weight is 648 g/mol. The number of nitrogens with zero attached hydrogens (tertiary/aromatic N) is 1. The minimum atomic E-state index is -5.05. The van der Waals surface area contributed by atoms with E-state index in [1.54, 1.807) is 24.3 Å². The van der Waals surface area contributed by atoms with E-state index in [1.807, 2.05) is 13.8 Å². The highest BCUT2D eigenvalue weighted by atomic mass is 79.9. The van der Waals surface area contributed by atoms with E-state index in [9.17, 15) is 35.5 Å². The van der Waals surface area contributed by atoms with Crippen LogP contribution in [-0.4, -0.2) is 24.1 Å². The highest BCUT2D eigenvalue weighted by Crippen LogP contribution is 2.43. The van der Waals surface area contributed by atoms with Gasteiger partial charge in [-0.05, 0) is 71.5 Å². The zero-order valence-corrected chi connectivity index (χ0v) is 23.8. The van der Waals surface area contributed by atoms with Gasteiger partial charge in [-0.15, -0.1) is 0 Å². The fourth-order valence-electron chi connectivity index (χ4n) is 4.84. The minimum Gasteiger partial charge on any atom is -0.496 e. The summed E-state index contributed by atoms with van der Waals surface area (Å²) in [6, 6.07) is 8.35. The summed E-state index contributed by atoms with van der Waals surface area (Å²) in [5.74, 6) is -0.353. The van der Waals surface area contributed by atoms with Crippen LogP contribution in [0.2, 0.25) is 0 Å². The van der Waals surface area contributed by atoms with E-state index in [2.05, 4.69) is 15.9 Å². The fraction of sp³-hybridized carbons (Fsp3) is 0.345. The van der Waals surface area contributed by atoms with Crippen molar-refractivity contribution < 1.29 is 45.0 Å². The number of methoxy groups -OCH3 is 1. The summed E-state index contributed by atoms with van der Waals surface area (Å²) >= 11 is 3.40. The van der Waals surface area contributed by atoms with Gasteiger partial charge in [0.1, 0.15) is 17.7 Å². The molecule has 1 heterocycles. The molecule has 1 aliphatic rings. The van der Waals surface area contributed by atoms with Gasteiger partial charge in [0.25, 0.3) is 0 Å². The molecule has 0 bridgehead atoms. The number of carbonyl (C=O) groups is 1. The van der Waals surface area contributed by atoms with Crippen LogP contribution < -0.4 is 4.74 Å². The number of carbonyl (C=O) groups excluding carboxylic acids is 1. The molecule has 0 aliphatic carbocycles. The van der Waals surface area contributed by atoms with Crippen molar-refractivity contribution in [1.29, 1.82) is 0 Å². The van der Waals surface area contributed by atoms with Crippen LogP contribution in [0.1, 0.15) is 60.6 Å². The number of alkyl halides is 6. The van der Waals surface area contributed by atoms with Crippen LogP contribution in [0.5, 0.6) is 5.75 Å². The van der Waals surface area contributed by atoms with Crippen molar-refractivity contribution in [2.24, 2.45) is 0 Å². The summed E-state index contributed by atoms with van der Waals surface area (Å²) in [6.07, 6.45) is -12.4. The smallest absolute Gasteiger partial charge is 0.416 e. The van der Waals surface area contributed by atoms with E-state index < -0.39 is 53.1 Å². The maximum absolute atomic E-state index is 14.7. The molecular formula is C29H25BrF7NO3. The molecule has 1 fully saturated rings. The van der Waals surface area contributed by atoms with Crippen molar-refractivity contribution >= 4 is 22.0 Å². The number of cyclic esters (lactones) is 1. The third-order valence-electron chi connectivity index (χ3n) is 6.97. The lowest BCUT2D eigenvalue weighted by Crippen LogP contribution is -2.31. The Morgan fingerprint density at radius 3 is 2.10 bits per heavy atom. The first kappa shape index (κ1) is 30.7. The molecule has 220 valence electrons. The number of hydrogen-bond acceptors (Lipinski definition) is 3. The first-order valence-electron chi connectivity index (χ1n) is 12.4. The summed E-state index contributed by atoms with van der Waals surface area (Å²) in [6.45, 7) is 5.04. The molecule has 3 aromatic rings. The van der Waals surface area contributed by atoms with E-state index in [1.165, 1.54) is 25.0 Å². The van der Waals surface area contributed by atoms with Crippen molar-refractivity contribution in [3.63, 3.8) is 0 Å². The zero-order chi connectivity index (χ0) is 30.4. The Labute approximate surface area is 240 Å². The van der Waals surface area contributed by atoms with Gasteiger partial charge in [-0.2, -0.15) is 26.3 Å². The van der Waals surface area contributed by atoms with Crippen LogP contribution in [0.15, 0.2) is 53.0 Å². The number of hydrogen-bond donors (Lipinski definition) is 0. The zero-order valence-electron chi connectivity index (χ0n) is 22.3. The van der Waals surface area contributed by atoms with Gasteiger partial charge in [-0.3, -0.25) is 4.90 Å². The number of rotatable bonds is 6. The lowest BCUT2D eigenvalue weighted by molar-refractivity contribution is -0.143. The number of amides is 1. The summed E-state index contributed by atoms with van der Waals surface area (Å²) in [7, 11) is 1.39. The Morgan fingerprint density at radius 2 is 1.56 bits per heavy atom. The lowest BCUT2D eigenvalue weighted by Gasteiger charge is -2.24. The molecule has 1 amide bonds. The molecule has 12 heteroatoms. The molecule has 4 nitrogen and oxygen atoms in total. The Kier molecular flexibility index (Phi) is 8.37. The summed E-state index contributed by atoms with van der Waals surface area (Å²) in [5.41, 5.74) is -1.28. The average Bonchev–Trinajstić information content (AvgIpc) is 3.15. The summed E-state index contributed by atoms with van der Waals surface area (Å²) in [5, 5.41) is 0. The Bertz CT molecular complexity index is 1440. The molecule has 0 spiro atoms. The third kappa shape index (κ3) is 6.32. The topological polar surface area (TPSA) is 38.8 Å². The molecular weight excluding hydrogens is 623 g/mol. The Morgan fingerprint density at radius 1 is 0.951 bits per heavy atom. The maximum atomic E-state index is 14.7. The molecule has 0 saturated carbocycles. The van der Waals surface area contributed by atoms with Gasteiger partial charge in [-0.1, -0.05) is 35.8 Å². The van der Waals surface area contributed by atoms with E-state index >= 15 is 0 Å². The van der Waals surface area contributed by atoms with Crippen LogP contribution in [0.25, 0.3) is 11.1 Å². The predicted octanol–water partition coefficient (Wildman–Crippen LogP) is 9.51. The maximum Gasteiger partial charge on any atom is 0.416 e. The molecule has 1 saturated heterocycles. The van der Waals surface area contributed by atoms with Crippen molar-refractivity contribution in [2.45, 2.75) is 57.7 Å². The van der Waals surface area contributed by atoms with Crippen molar-refractivity contribution in [1.82, 2.24) is 4.90 Å². The van der Waals surface area contributed by atoms with Crippen LogP contribution in [0, 0.1) is 5.82 Å². The fourth-order valence-corrected chi connectivity index (χ4v) is 5.24. The summed E-state index contributed by atoms with van der Waals surface area (Å²) in [4.78, 5) is 14.2. The molecule has 4 rings (SSSR count). The van der Waals surface area contributed by atoms with Crippen molar-refractivity contribution in [3.8, 4) is 16.9 Å². The van der Waals surface area contributed by atoms with Gasteiger partial charge in [0.15, 0.2) is 0 Å². The molecule has 1 unspecified atom stereocenters. The van der Waals surface area contributed by atoms with Crippen LogP contribution in [0.4, 0.5) is 35.5 Å². The monoisotopic (exact) mass is 647 g/mol. The number of benzene rings is 3. The van der Waals surface area contributed by atoms with E-state index in [0.717, 1.165) is 0 Å². The minimum absolute atomic E-state index is 0.0258. The van der Waals surface area contributed by atoms with Crippen molar-refractivity contribution in [3.05, 3.63) is 86.6 Å². The van der Waals surface area contributed by atoms with Crippen LogP contribution in [0.3, 0.4) is 0 Å². The largest absolute Gasteiger partial charge is 0.496 e. The van der Waals surface area contributed by atoms with E-state index in [0.29, 0.717) is 38.9 Å². The molecule has 3 aromatic carbocycles. The SMILES string of the molecule is COc1cc(F)c(C(C)C)cc1-c1ccc(Br)cc1CN1C(=O)OC(c2cc(C(F)(F)F)cc(C(F)(F)F)c2)[C@@H]1C. The quantitative estimate of drug-likeness (QED) is 0.250. The van der Waals surface area contributed by atoms with Crippen LogP contribution in [-0.2, 0) is 23.6 Å². The van der Waals surface area contributed by atoms with Gasteiger partial charge in [0.05, 0.1) is 30.8 Å². The first-order chi connectivity index (χ1) is 19.0. The third-order valence-corrected chi connectivity index (χ3v) is 7.46. The van der Waals surface area contributed by atoms with Gasteiger partial charge >= 0.3 is 18.4 Å². The molecule has 1 aliphatic heterocycles. The molecule has 0 aromatic heterocycles. The lowest BCUT2D eigenvalue weighted by atomic mass is 9.93. The number of ether oxygens (including phenoxy) is 2. The second kappa shape index (κ2) is 11.2. The highest BCUT2D eigenvalue weighted by Gasteiger charge is 2.43. The summed E-state index contributed by atoms with van der Waals surface area (Å²) < 4.78 is 107.